The predicted molar refractivity (Wildman–Crippen MR) is 86.0 cm³/mol. The number of aryl methyl sites for hydroxylation is 2. The van der Waals surface area contributed by atoms with Gasteiger partial charge in [-0.25, -0.2) is 0 Å². The molecular weight excluding hydrogens is 276 g/mol. The zero-order valence-electron chi connectivity index (χ0n) is 13.0. The van der Waals surface area contributed by atoms with Crippen LogP contribution in [-0.2, 0) is 6.42 Å². The molecular formula is C19H20O3. The standard InChI is InChI=1S/C19H20O3/c1-13-10-16(11-15-6-3-4-9-22-19(13)15)18(20)14-7-5-8-17(12-14)21-2/h5,7-8,10-12H,3-4,6,9H2,1-2H3. The second kappa shape index (κ2) is 6.22. The lowest BCUT2D eigenvalue weighted by molar-refractivity contribution is 0.103. The van der Waals surface area contributed by atoms with E-state index in [0.29, 0.717) is 11.3 Å². The first-order valence-corrected chi connectivity index (χ1v) is 7.64. The van der Waals surface area contributed by atoms with Crippen molar-refractivity contribution < 1.29 is 14.3 Å². The Labute approximate surface area is 130 Å². The van der Waals surface area contributed by atoms with Gasteiger partial charge in [-0.3, -0.25) is 4.79 Å². The highest BCUT2D eigenvalue weighted by Gasteiger charge is 2.17. The number of fused-ring (bicyclic) bond motifs is 1. The molecule has 0 radical (unpaired) electrons. The van der Waals surface area contributed by atoms with Crippen LogP contribution in [0.5, 0.6) is 11.5 Å². The van der Waals surface area contributed by atoms with Gasteiger partial charge in [0.15, 0.2) is 5.78 Å². The third-order valence-electron chi connectivity index (χ3n) is 4.03. The van der Waals surface area contributed by atoms with Crippen LogP contribution in [0.15, 0.2) is 36.4 Å². The third kappa shape index (κ3) is 2.84. The topological polar surface area (TPSA) is 35.5 Å². The maximum Gasteiger partial charge on any atom is 0.193 e. The van der Waals surface area contributed by atoms with Crippen molar-refractivity contribution in [3.8, 4) is 11.5 Å². The van der Waals surface area contributed by atoms with Crippen molar-refractivity contribution in [3.05, 3.63) is 58.7 Å². The number of carbonyl (C=O) groups is 1. The van der Waals surface area contributed by atoms with Gasteiger partial charge < -0.3 is 9.47 Å². The SMILES string of the molecule is COc1cccc(C(=O)c2cc(C)c3c(c2)CCCCO3)c1. The summed E-state index contributed by atoms with van der Waals surface area (Å²) in [6.45, 7) is 2.77. The van der Waals surface area contributed by atoms with Crippen LogP contribution >= 0.6 is 0 Å². The molecule has 2 aromatic carbocycles. The average Bonchev–Trinajstić information content (AvgIpc) is 2.80. The molecule has 0 N–H and O–H groups in total. The van der Waals surface area contributed by atoms with Crippen molar-refractivity contribution in [3.63, 3.8) is 0 Å². The lowest BCUT2D eigenvalue weighted by Gasteiger charge is -2.13. The molecule has 2 aromatic rings. The van der Waals surface area contributed by atoms with Crippen molar-refractivity contribution in [2.45, 2.75) is 26.2 Å². The molecule has 0 bridgehead atoms. The summed E-state index contributed by atoms with van der Waals surface area (Å²) in [5.74, 6) is 1.68. The van der Waals surface area contributed by atoms with Crippen LogP contribution in [0.1, 0.15) is 39.9 Å². The number of methoxy groups -OCH3 is 1. The Hall–Kier alpha value is -2.29. The fraction of sp³-hybridized carbons (Fsp3) is 0.316. The number of hydrogen-bond acceptors (Lipinski definition) is 3. The van der Waals surface area contributed by atoms with Crippen LogP contribution < -0.4 is 9.47 Å². The maximum absolute atomic E-state index is 12.7. The number of carbonyl (C=O) groups excluding carboxylic acids is 1. The summed E-state index contributed by atoms with van der Waals surface area (Å²) in [7, 11) is 1.60. The van der Waals surface area contributed by atoms with Gasteiger partial charge in [0.25, 0.3) is 0 Å². The normalized spacial score (nSPS) is 13.7. The Bertz CT molecular complexity index is 704. The molecule has 0 saturated carbocycles. The molecule has 0 aliphatic carbocycles. The predicted octanol–water partition coefficient (Wildman–Crippen LogP) is 3.95. The summed E-state index contributed by atoms with van der Waals surface area (Å²) in [6.07, 6.45) is 3.13. The average molecular weight is 296 g/mol. The van der Waals surface area contributed by atoms with E-state index in [9.17, 15) is 4.79 Å². The van der Waals surface area contributed by atoms with Gasteiger partial charge >= 0.3 is 0 Å². The lowest BCUT2D eigenvalue weighted by atomic mass is 9.96. The first-order valence-electron chi connectivity index (χ1n) is 7.64. The van der Waals surface area contributed by atoms with Gasteiger partial charge in [0.05, 0.1) is 13.7 Å². The molecule has 0 unspecified atom stereocenters. The lowest BCUT2D eigenvalue weighted by Crippen LogP contribution is -2.05. The van der Waals surface area contributed by atoms with E-state index in [2.05, 4.69) is 0 Å². The van der Waals surface area contributed by atoms with Crippen LogP contribution in [0.2, 0.25) is 0 Å². The fourth-order valence-electron chi connectivity index (χ4n) is 2.89. The molecule has 0 atom stereocenters. The quantitative estimate of drug-likeness (QED) is 0.805. The highest BCUT2D eigenvalue weighted by Crippen LogP contribution is 2.30. The number of ketones is 1. The number of hydrogen-bond donors (Lipinski definition) is 0. The van der Waals surface area contributed by atoms with Gasteiger partial charge in [0.2, 0.25) is 0 Å². The number of ether oxygens (including phenoxy) is 2. The zero-order valence-corrected chi connectivity index (χ0v) is 13.0. The Kier molecular flexibility index (Phi) is 4.14. The van der Waals surface area contributed by atoms with Crippen LogP contribution in [-0.4, -0.2) is 19.5 Å². The van der Waals surface area contributed by atoms with E-state index in [-0.39, 0.29) is 5.78 Å². The van der Waals surface area contributed by atoms with Crippen molar-refractivity contribution in [2.24, 2.45) is 0 Å². The maximum atomic E-state index is 12.7. The molecule has 22 heavy (non-hydrogen) atoms. The molecule has 3 nitrogen and oxygen atoms in total. The van der Waals surface area contributed by atoms with Gasteiger partial charge in [-0.15, -0.1) is 0 Å². The number of benzene rings is 2. The Morgan fingerprint density at radius 2 is 2.00 bits per heavy atom. The summed E-state index contributed by atoms with van der Waals surface area (Å²) in [6, 6.07) is 11.2. The van der Waals surface area contributed by atoms with Crippen molar-refractivity contribution in [1.82, 2.24) is 0 Å². The second-order valence-corrected chi connectivity index (χ2v) is 5.65. The summed E-state index contributed by atoms with van der Waals surface area (Å²) >= 11 is 0. The molecule has 1 aliphatic heterocycles. The third-order valence-corrected chi connectivity index (χ3v) is 4.03. The summed E-state index contributed by atoms with van der Waals surface area (Å²) in [5.41, 5.74) is 3.54. The molecule has 0 fully saturated rings. The van der Waals surface area contributed by atoms with E-state index >= 15 is 0 Å². The Morgan fingerprint density at radius 1 is 1.14 bits per heavy atom. The smallest absolute Gasteiger partial charge is 0.193 e. The van der Waals surface area contributed by atoms with Gasteiger partial charge in [-0.2, -0.15) is 0 Å². The summed E-state index contributed by atoms with van der Waals surface area (Å²) < 4.78 is 11.0. The highest BCUT2D eigenvalue weighted by atomic mass is 16.5. The van der Waals surface area contributed by atoms with Crippen molar-refractivity contribution in [1.29, 1.82) is 0 Å². The van der Waals surface area contributed by atoms with Crippen LogP contribution in [0.3, 0.4) is 0 Å². The first-order chi connectivity index (χ1) is 10.7. The molecule has 3 rings (SSSR count). The van der Waals surface area contributed by atoms with E-state index in [4.69, 9.17) is 9.47 Å². The van der Waals surface area contributed by atoms with Crippen LogP contribution in [0, 0.1) is 6.92 Å². The van der Waals surface area contributed by atoms with Crippen LogP contribution in [0.4, 0.5) is 0 Å². The molecule has 1 heterocycles. The minimum absolute atomic E-state index is 0.0223. The molecule has 0 saturated heterocycles. The number of rotatable bonds is 3. The minimum Gasteiger partial charge on any atom is -0.497 e. The molecule has 1 aliphatic rings. The van der Waals surface area contributed by atoms with E-state index in [1.54, 1.807) is 13.2 Å². The van der Waals surface area contributed by atoms with Crippen molar-refractivity contribution in [2.75, 3.05) is 13.7 Å². The molecule has 0 aromatic heterocycles. The molecule has 0 spiro atoms. The van der Waals surface area contributed by atoms with Gasteiger partial charge in [0.1, 0.15) is 11.5 Å². The summed E-state index contributed by atoms with van der Waals surface area (Å²) in [4.78, 5) is 12.7. The second-order valence-electron chi connectivity index (χ2n) is 5.65. The minimum atomic E-state index is 0.0223. The first kappa shape index (κ1) is 14.6. The van der Waals surface area contributed by atoms with E-state index in [1.807, 2.05) is 37.3 Å². The molecule has 3 heteroatoms. The zero-order chi connectivity index (χ0) is 15.5. The molecule has 0 amide bonds. The van der Waals surface area contributed by atoms with Gasteiger partial charge in [-0.05, 0) is 61.6 Å². The van der Waals surface area contributed by atoms with Crippen molar-refractivity contribution >= 4 is 5.78 Å². The van der Waals surface area contributed by atoms with E-state index in [1.165, 1.54) is 0 Å². The fourth-order valence-corrected chi connectivity index (χ4v) is 2.89. The summed E-state index contributed by atoms with van der Waals surface area (Å²) in [5, 5.41) is 0. The monoisotopic (exact) mass is 296 g/mol. The highest BCUT2D eigenvalue weighted by molar-refractivity contribution is 6.09. The van der Waals surface area contributed by atoms with Gasteiger partial charge in [-0.1, -0.05) is 12.1 Å². The van der Waals surface area contributed by atoms with E-state index in [0.717, 1.165) is 48.3 Å². The van der Waals surface area contributed by atoms with E-state index < -0.39 is 0 Å². The Balaban J connectivity index is 1.99. The Morgan fingerprint density at radius 3 is 2.82 bits per heavy atom. The largest absolute Gasteiger partial charge is 0.497 e. The van der Waals surface area contributed by atoms with Crippen LogP contribution in [0.25, 0.3) is 0 Å². The molecule has 114 valence electrons. The van der Waals surface area contributed by atoms with Gasteiger partial charge in [0, 0.05) is 11.1 Å².